The smallest absolute Gasteiger partial charge is 0.223 e. The van der Waals surface area contributed by atoms with Crippen LogP contribution in [0.1, 0.15) is 38.5 Å². The Kier molecular flexibility index (Phi) is 9.71. The van der Waals surface area contributed by atoms with Gasteiger partial charge in [0.15, 0.2) is 0 Å². The summed E-state index contributed by atoms with van der Waals surface area (Å²) in [4.78, 5) is 17.2. The predicted octanol–water partition coefficient (Wildman–Crippen LogP) is 3.49. The maximum Gasteiger partial charge on any atom is 0.223 e. The number of carbonyl (C=O) groups excluding carboxylic acids is 1. The molecule has 0 aromatic heterocycles. The Morgan fingerprint density at radius 3 is 2.37 bits per heavy atom. The summed E-state index contributed by atoms with van der Waals surface area (Å²) >= 11 is 0. The molecule has 5 nitrogen and oxygen atoms in total. The second-order valence-corrected chi connectivity index (χ2v) is 7.51. The summed E-state index contributed by atoms with van der Waals surface area (Å²) in [6, 6.07) is 8.13. The number of amides is 1. The van der Waals surface area contributed by atoms with E-state index in [4.69, 9.17) is 10.5 Å². The number of nitrogens with two attached hydrogens (primary N) is 1. The van der Waals surface area contributed by atoms with Crippen molar-refractivity contribution in [2.24, 2.45) is 11.1 Å². The van der Waals surface area contributed by atoms with Gasteiger partial charge in [-0.2, -0.15) is 0 Å². The van der Waals surface area contributed by atoms with Crippen molar-refractivity contribution in [3.05, 3.63) is 24.3 Å². The van der Waals surface area contributed by atoms with E-state index in [2.05, 4.69) is 17.0 Å². The van der Waals surface area contributed by atoms with Crippen molar-refractivity contribution in [3.63, 3.8) is 0 Å². The van der Waals surface area contributed by atoms with Gasteiger partial charge in [0.1, 0.15) is 5.75 Å². The van der Waals surface area contributed by atoms with Crippen LogP contribution in [0.3, 0.4) is 0 Å². The molecule has 27 heavy (non-hydrogen) atoms. The van der Waals surface area contributed by atoms with Crippen LogP contribution in [-0.4, -0.2) is 50.6 Å². The van der Waals surface area contributed by atoms with Crippen LogP contribution in [0.2, 0.25) is 0 Å². The molecule has 0 bridgehead atoms. The van der Waals surface area contributed by atoms with Crippen molar-refractivity contribution in [2.75, 3.05) is 44.7 Å². The third-order valence-corrected chi connectivity index (χ3v) is 5.92. The second-order valence-electron chi connectivity index (χ2n) is 7.51. The van der Waals surface area contributed by atoms with Gasteiger partial charge in [-0.25, -0.2) is 0 Å². The first-order valence-electron chi connectivity index (χ1n) is 9.53. The number of benzene rings is 1. The summed E-state index contributed by atoms with van der Waals surface area (Å²) in [5.41, 5.74) is 7.27. The molecule has 3 rings (SSSR count). The van der Waals surface area contributed by atoms with Crippen molar-refractivity contribution in [2.45, 2.75) is 38.5 Å². The minimum Gasteiger partial charge on any atom is -0.497 e. The molecule has 0 radical (unpaired) electrons. The highest BCUT2D eigenvalue weighted by Crippen LogP contribution is 2.38. The number of hydrogen-bond donors (Lipinski definition) is 1. The van der Waals surface area contributed by atoms with E-state index in [-0.39, 0.29) is 36.1 Å². The normalized spacial score (nSPS) is 18.9. The number of ether oxygens (including phenoxy) is 1. The first kappa shape index (κ1) is 23.9. The first-order valence-corrected chi connectivity index (χ1v) is 9.53. The molecular formula is C20H33Cl2N3O2. The van der Waals surface area contributed by atoms with E-state index in [0.717, 1.165) is 50.5 Å². The van der Waals surface area contributed by atoms with Crippen LogP contribution in [0, 0.1) is 5.41 Å². The predicted molar refractivity (Wildman–Crippen MR) is 115 cm³/mol. The number of carbonyl (C=O) groups is 1. The lowest BCUT2D eigenvalue weighted by atomic mass is 9.71. The second kappa shape index (κ2) is 11.0. The molecule has 1 amide bonds. The van der Waals surface area contributed by atoms with E-state index in [1.165, 1.54) is 19.3 Å². The lowest BCUT2D eigenvalue weighted by Gasteiger charge is -2.40. The Morgan fingerprint density at radius 1 is 1.11 bits per heavy atom. The molecule has 0 unspecified atom stereocenters. The molecule has 0 spiro atoms. The van der Waals surface area contributed by atoms with Gasteiger partial charge in [0.25, 0.3) is 0 Å². The van der Waals surface area contributed by atoms with Crippen molar-refractivity contribution < 1.29 is 9.53 Å². The summed E-state index contributed by atoms with van der Waals surface area (Å²) in [5, 5.41) is 0. The minimum absolute atomic E-state index is 0. The fourth-order valence-electron chi connectivity index (χ4n) is 4.21. The number of nitrogens with zero attached hydrogens (tertiary/aromatic N) is 2. The number of anilines is 1. The molecule has 2 aliphatic rings. The molecule has 154 valence electrons. The Bertz CT molecular complexity index is 586. The molecule has 1 aliphatic heterocycles. The van der Waals surface area contributed by atoms with Crippen molar-refractivity contribution in [1.82, 2.24) is 4.90 Å². The van der Waals surface area contributed by atoms with Crippen LogP contribution in [0.5, 0.6) is 5.75 Å². The molecule has 1 aliphatic carbocycles. The average Bonchev–Trinajstić information content (AvgIpc) is 2.69. The molecule has 2 fully saturated rings. The van der Waals surface area contributed by atoms with E-state index in [1.54, 1.807) is 7.11 Å². The van der Waals surface area contributed by atoms with Gasteiger partial charge in [0.05, 0.1) is 7.11 Å². The van der Waals surface area contributed by atoms with Gasteiger partial charge in [0, 0.05) is 44.4 Å². The third kappa shape index (κ3) is 5.90. The number of hydrogen-bond acceptors (Lipinski definition) is 4. The summed E-state index contributed by atoms with van der Waals surface area (Å²) in [5.74, 6) is 1.16. The third-order valence-electron chi connectivity index (χ3n) is 5.92. The van der Waals surface area contributed by atoms with E-state index in [0.29, 0.717) is 13.0 Å². The van der Waals surface area contributed by atoms with Crippen LogP contribution in [0.4, 0.5) is 5.69 Å². The van der Waals surface area contributed by atoms with Gasteiger partial charge < -0.3 is 20.3 Å². The zero-order valence-corrected chi connectivity index (χ0v) is 17.8. The molecule has 7 heteroatoms. The van der Waals surface area contributed by atoms with E-state index >= 15 is 0 Å². The molecule has 2 N–H and O–H groups in total. The molecule has 1 aromatic rings. The largest absolute Gasteiger partial charge is 0.497 e. The van der Waals surface area contributed by atoms with Crippen LogP contribution in [0.25, 0.3) is 0 Å². The highest BCUT2D eigenvalue weighted by atomic mass is 35.5. The van der Waals surface area contributed by atoms with Crippen LogP contribution < -0.4 is 15.4 Å². The van der Waals surface area contributed by atoms with Gasteiger partial charge in [-0.1, -0.05) is 25.3 Å². The Labute approximate surface area is 175 Å². The Hall–Kier alpha value is -1.17. The maximum absolute atomic E-state index is 12.8. The summed E-state index contributed by atoms with van der Waals surface area (Å²) in [6.45, 7) is 3.96. The van der Waals surface area contributed by atoms with Gasteiger partial charge >= 0.3 is 0 Å². The molecule has 1 aromatic carbocycles. The molecule has 1 heterocycles. The Balaban J connectivity index is 0.00000182. The summed E-state index contributed by atoms with van der Waals surface area (Å²) < 4.78 is 5.31. The maximum atomic E-state index is 12.8. The van der Waals surface area contributed by atoms with E-state index < -0.39 is 0 Å². The van der Waals surface area contributed by atoms with Crippen molar-refractivity contribution in [1.29, 1.82) is 0 Å². The zero-order chi connectivity index (χ0) is 17.7. The fourth-order valence-corrected chi connectivity index (χ4v) is 4.21. The SMILES string of the molecule is COc1cccc(N2CCN(C(=O)CC3(CN)CCCCC3)CC2)c1.Cl.Cl. The summed E-state index contributed by atoms with van der Waals surface area (Å²) in [6.07, 6.45) is 6.57. The van der Waals surface area contributed by atoms with Gasteiger partial charge in [0.2, 0.25) is 5.91 Å². The van der Waals surface area contributed by atoms with E-state index in [1.807, 2.05) is 17.0 Å². The Morgan fingerprint density at radius 2 is 1.78 bits per heavy atom. The average molecular weight is 418 g/mol. The molecule has 0 atom stereocenters. The van der Waals surface area contributed by atoms with Gasteiger partial charge in [-0.3, -0.25) is 4.79 Å². The molecule has 1 saturated carbocycles. The minimum atomic E-state index is 0. The standard InChI is InChI=1S/C20H31N3O2.2ClH/c1-25-18-7-5-6-17(14-18)22-10-12-23(13-11-22)19(24)15-20(16-21)8-3-2-4-9-20;;/h5-7,14H,2-4,8-13,15-16,21H2,1H3;2*1H. The quantitative estimate of drug-likeness (QED) is 0.796. The number of rotatable bonds is 5. The number of halogens is 2. The molecular weight excluding hydrogens is 385 g/mol. The van der Waals surface area contributed by atoms with Crippen LogP contribution in [-0.2, 0) is 4.79 Å². The summed E-state index contributed by atoms with van der Waals surface area (Å²) in [7, 11) is 1.69. The van der Waals surface area contributed by atoms with Crippen molar-refractivity contribution >= 4 is 36.4 Å². The number of methoxy groups -OCH3 is 1. The van der Waals surface area contributed by atoms with Gasteiger partial charge in [-0.05, 0) is 36.9 Å². The molecule has 1 saturated heterocycles. The van der Waals surface area contributed by atoms with Crippen LogP contribution in [0.15, 0.2) is 24.3 Å². The lowest BCUT2D eigenvalue weighted by molar-refractivity contribution is -0.134. The van der Waals surface area contributed by atoms with Crippen molar-refractivity contribution in [3.8, 4) is 5.75 Å². The fraction of sp³-hybridized carbons (Fsp3) is 0.650. The van der Waals surface area contributed by atoms with Gasteiger partial charge in [-0.15, -0.1) is 24.8 Å². The highest BCUT2D eigenvalue weighted by molar-refractivity contribution is 5.85. The monoisotopic (exact) mass is 417 g/mol. The lowest BCUT2D eigenvalue weighted by Crippen LogP contribution is -2.50. The van der Waals surface area contributed by atoms with E-state index in [9.17, 15) is 4.79 Å². The zero-order valence-electron chi connectivity index (χ0n) is 16.2. The first-order chi connectivity index (χ1) is 12.2. The van der Waals surface area contributed by atoms with Crippen LogP contribution >= 0.6 is 24.8 Å². The number of piperazine rings is 1. The topological polar surface area (TPSA) is 58.8 Å². The highest BCUT2D eigenvalue weighted by Gasteiger charge is 2.35.